The Morgan fingerprint density at radius 2 is 2.10 bits per heavy atom. The Morgan fingerprint density at radius 3 is 2.75 bits per heavy atom. The predicted octanol–water partition coefficient (Wildman–Crippen LogP) is 2.71. The van der Waals surface area contributed by atoms with Gasteiger partial charge in [0.25, 0.3) is 0 Å². The van der Waals surface area contributed by atoms with Gasteiger partial charge in [0, 0.05) is 12.2 Å². The normalized spacial score (nSPS) is 23.6. The van der Waals surface area contributed by atoms with Crippen LogP contribution in [0.1, 0.15) is 37.3 Å². The Bertz CT molecular complexity index is 511. The van der Waals surface area contributed by atoms with E-state index < -0.39 is 23.8 Å². The smallest absolute Gasteiger partial charge is 0.249 e. The molecule has 1 heterocycles. The average Bonchev–Trinajstić information content (AvgIpc) is 3.12. The molecule has 3 nitrogen and oxygen atoms in total. The van der Waals surface area contributed by atoms with Gasteiger partial charge in [-0.15, -0.1) is 0 Å². The highest BCUT2D eigenvalue weighted by molar-refractivity contribution is 5.81. The number of carbonyl (C=O) groups is 1. The third-order valence-electron chi connectivity index (χ3n) is 3.91. The first kappa shape index (κ1) is 13.5. The van der Waals surface area contributed by atoms with E-state index in [2.05, 4.69) is 5.32 Å². The lowest BCUT2D eigenvalue weighted by Crippen LogP contribution is -2.38. The quantitative estimate of drug-likeness (QED) is 0.921. The van der Waals surface area contributed by atoms with Gasteiger partial charge in [-0.25, -0.2) is 8.78 Å². The number of hydrogen-bond acceptors (Lipinski definition) is 2. The predicted molar refractivity (Wildman–Crippen MR) is 68.9 cm³/mol. The summed E-state index contributed by atoms with van der Waals surface area (Å²) in [6, 6.07) is 2.92. The van der Waals surface area contributed by atoms with E-state index in [0.29, 0.717) is 13.0 Å². The summed E-state index contributed by atoms with van der Waals surface area (Å²) >= 11 is 0. The lowest BCUT2D eigenvalue weighted by Gasteiger charge is -2.21. The summed E-state index contributed by atoms with van der Waals surface area (Å²) in [5.41, 5.74) is 0.235. The molecule has 0 unspecified atom stereocenters. The van der Waals surface area contributed by atoms with Gasteiger partial charge >= 0.3 is 0 Å². The van der Waals surface area contributed by atoms with Crippen molar-refractivity contribution in [1.82, 2.24) is 5.32 Å². The van der Waals surface area contributed by atoms with Crippen molar-refractivity contribution in [3.05, 3.63) is 35.4 Å². The molecule has 1 saturated carbocycles. The third kappa shape index (κ3) is 2.82. The van der Waals surface area contributed by atoms with Crippen LogP contribution < -0.4 is 5.32 Å². The Labute approximate surface area is 116 Å². The molecule has 2 aliphatic rings. The maximum Gasteiger partial charge on any atom is 0.249 e. The standard InChI is InChI=1S/C15H17F2NO2/c16-10-5-6-12(17)11(8-10)14(9-3-4-9)18-15(19)13-2-1-7-20-13/h5-6,8-9,13-14H,1-4,7H2,(H,18,19)/t13-,14+/m0/s1. The Hall–Kier alpha value is -1.49. The molecular formula is C15H17F2NO2. The zero-order chi connectivity index (χ0) is 14.1. The molecule has 1 saturated heterocycles. The van der Waals surface area contributed by atoms with E-state index in [1.807, 2.05) is 0 Å². The fraction of sp³-hybridized carbons (Fsp3) is 0.533. The zero-order valence-electron chi connectivity index (χ0n) is 11.1. The zero-order valence-corrected chi connectivity index (χ0v) is 11.1. The van der Waals surface area contributed by atoms with Crippen LogP contribution in [-0.4, -0.2) is 18.6 Å². The number of rotatable bonds is 4. The molecule has 108 valence electrons. The van der Waals surface area contributed by atoms with Gasteiger partial charge in [0.2, 0.25) is 5.91 Å². The molecule has 20 heavy (non-hydrogen) atoms. The SMILES string of the molecule is O=C(N[C@@H](c1cc(F)ccc1F)C1CC1)[C@@H]1CCCO1. The van der Waals surface area contributed by atoms with Crippen molar-refractivity contribution >= 4 is 5.91 Å². The number of nitrogens with one attached hydrogen (secondary N) is 1. The molecule has 1 N–H and O–H groups in total. The Kier molecular flexibility index (Phi) is 3.70. The summed E-state index contributed by atoms with van der Waals surface area (Å²) in [7, 11) is 0. The summed E-state index contributed by atoms with van der Waals surface area (Å²) in [6.07, 6.45) is 2.95. The first-order chi connectivity index (χ1) is 9.65. The van der Waals surface area contributed by atoms with Crippen LogP contribution in [0.15, 0.2) is 18.2 Å². The van der Waals surface area contributed by atoms with Crippen LogP contribution in [0, 0.1) is 17.6 Å². The fourth-order valence-electron chi connectivity index (χ4n) is 2.66. The minimum absolute atomic E-state index is 0.191. The molecule has 0 spiro atoms. The van der Waals surface area contributed by atoms with Crippen LogP contribution in [0.2, 0.25) is 0 Å². The molecule has 1 aliphatic heterocycles. The molecule has 1 aromatic carbocycles. The van der Waals surface area contributed by atoms with Crippen molar-refractivity contribution in [3.63, 3.8) is 0 Å². The fourth-order valence-corrected chi connectivity index (χ4v) is 2.66. The largest absolute Gasteiger partial charge is 0.368 e. The summed E-state index contributed by atoms with van der Waals surface area (Å²) in [4.78, 5) is 12.1. The Morgan fingerprint density at radius 1 is 1.30 bits per heavy atom. The number of benzene rings is 1. The second-order valence-electron chi connectivity index (χ2n) is 5.49. The number of carbonyl (C=O) groups excluding carboxylic acids is 1. The number of halogens is 2. The van der Waals surface area contributed by atoms with E-state index >= 15 is 0 Å². The maximum atomic E-state index is 13.9. The van der Waals surface area contributed by atoms with Crippen LogP contribution in [-0.2, 0) is 9.53 Å². The Balaban J connectivity index is 1.78. The van der Waals surface area contributed by atoms with Crippen LogP contribution in [0.5, 0.6) is 0 Å². The average molecular weight is 281 g/mol. The van der Waals surface area contributed by atoms with Crippen molar-refractivity contribution in [2.24, 2.45) is 5.92 Å². The van der Waals surface area contributed by atoms with E-state index in [0.717, 1.165) is 31.4 Å². The highest BCUT2D eigenvalue weighted by Crippen LogP contribution is 2.42. The van der Waals surface area contributed by atoms with Gasteiger partial charge in [0.1, 0.15) is 17.7 Å². The lowest BCUT2D eigenvalue weighted by atomic mass is 10.0. The molecule has 2 atom stereocenters. The highest BCUT2D eigenvalue weighted by Gasteiger charge is 2.37. The number of hydrogen-bond donors (Lipinski definition) is 1. The maximum absolute atomic E-state index is 13.9. The summed E-state index contributed by atoms with van der Waals surface area (Å²) in [5.74, 6) is -0.992. The molecule has 2 fully saturated rings. The molecule has 1 aliphatic carbocycles. The van der Waals surface area contributed by atoms with Gasteiger partial charge in [-0.1, -0.05) is 0 Å². The van der Waals surface area contributed by atoms with Gasteiger partial charge in [0.15, 0.2) is 0 Å². The first-order valence-corrected chi connectivity index (χ1v) is 7.02. The number of ether oxygens (including phenoxy) is 1. The van der Waals surface area contributed by atoms with E-state index in [1.165, 1.54) is 6.07 Å². The van der Waals surface area contributed by atoms with Gasteiger partial charge < -0.3 is 10.1 Å². The minimum Gasteiger partial charge on any atom is -0.368 e. The van der Waals surface area contributed by atoms with Gasteiger partial charge in [-0.2, -0.15) is 0 Å². The van der Waals surface area contributed by atoms with Crippen LogP contribution in [0.3, 0.4) is 0 Å². The van der Waals surface area contributed by atoms with Crippen LogP contribution in [0.4, 0.5) is 8.78 Å². The minimum atomic E-state index is -0.488. The summed E-state index contributed by atoms with van der Waals surface area (Å²) in [5, 5.41) is 2.83. The molecule has 5 heteroatoms. The second-order valence-corrected chi connectivity index (χ2v) is 5.49. The van der Waals surface area contributed by atoms with E-state index in [9.17, 15) is 13.6 Å². The molecule has 1 amide bonds. The van der Waals surface area contributed by atoms with Crippen molar-refractivity contribution in [1.29, 1.82) is 0 Å². The third-order valence-corrected chi connectivity index (χ3v) is 3.91. The molecule has 1 aromatic rings. The van der Waals surface area contributed by atoms with E-state index in [-0.39, 0.29) is 17.4 Å². The summed E-state index contributed by atoms with van der Waals surface area (Å²) < 4.78 is 32.5. The molecule has 0 aromatic heterocycles. The highest BCUT2D eigenvalue weighted by atomic mass is 19.1. The summed E-state index contributed by atoms with van der Waals surface area (Å²) in [6.45, 7) is 0.584. The molecule has 0 bridgehead atoms. The van der Waals surface area contributed by atoms with Gasteiger partial charge in [0.05, 0.1) is 6.04 Å². The molecular weight excluding hydrogens is 264 g/mol. The van der Waals surface area contributed by atoms with Gasteiger partial charge in [-0.3, -0.25) is 4.79 Å². The topological polar surface area (TPSA) is 38.3 Å². The van der Waals surface area contributed by atoms with Gasteiger partial charge in [-0.05, 0) is 49.8 Å². The van der Waals surface area contributed by atoms with Crippen molar-refractivity contribution in [2.45, 2.75) is 37.8 Å². The van der Waals surface area contributed by atoms with E-state index in [1.54, 1.807) is 0 Å². The van der Waals surface area contributed by atoms with E-state index in [4.69, 9.17) is 4.74 Å². The van der Waals surface area contributed by atoms with Crippen LogP contribution in [0.25, 0.3) is 0 Å². The molecule has 3 rings (SSSR count). The van der Waals surface area contributed by atoms with Crippen molar-refractivity contribution in [2.75, 3.05) is 6.61 Å². The first-order valence-electron chi connectivity index (χ1n) is 7.02. The van der Waals surface area contributed by atoms with Crippen molar-refractivity contribution in [3.8, 4) is 0 Å². The molecule has 0 radical (unpaired) electrons. The van der Waals surface area contributed by atoms with Crippen molar-refractivity contribution < 1.29 is 18.3 Å². The monoisotopic (exact) mass is 281 g/mol. The number of amides is 1. The van der Waals surface area contributed by atoms with Crippen LogP contribution >= 0.6 is 0 Å². The second kappa shape index (κ2) is 5.48. The lowest BCUT2D eigenvalue weighted by molar-refractivity contribution is -0.131.